The van der Waals surface area contributed by atoms with Gasteiger partial charge in [0.05, 0.1) is 18.4 Å². The zero-order valence-electron chi connectivity index (χ0n) is 13.7. The van der Waals surface area contributed by atoms with Gasteiger partial charge in [0.15, 0.2) is 12.3 Å². The van der Waals surface area contributed by atoms with Gasteiger partial charge in [-0.05, 0) is 23.8 Å². The van der Waals surface area contributed by atoms with Crippen molar-refractivity contribution in [2.45, 2.75) is 6.54 Å². The number of amides is 2. The third-order valence-electron chi connectivity index (χ3n) is 3.83. The van der Waals surface area contributed by atoms with E-state index < -0.39 is 0 Å². The van der Waals surface area contributed by atoms with Crippen LogP contribution in [-0.4, -0.2) is 33.4 Å². The summed E-state index contributed by atoms with van der Waals surface area (Å²) in [6.07, 6.45) is 1.59. The highest BCUT2D eigenvalue weighted by atomic mass is 16.5. The van der Waals surface area contributed by atoms with Crippen LogP contribution in [0.15, 0.2) is 54.7 Å². The molecule has 4 rings (SSSR count). The molecule has 0 aliphatic carbocycles. The molecule has 0 atom stereocenters. The SMILES string of the molecule is O=C1COc2ccc(NC(=O)c3cn(Cc4ccccc4)nn3)cc2N1. The molecule has 0 radical (unpaired) electrons. The Bertz CT molecular complexity index is 968. The van der Waals surface area contributed by atoms with Crippen molar-refractivity contribution >= 4 is 23.2 Å². The molecule has 0 saturated heterocycles. The molecule has 0 spiro atoms. The van der Waals surface area contributed by atoms with E-state index in [1.165, 1.54) is 0 Å². The largest absolute Gasteiger partial charge is 0.482 e. The van der Waals surface area contributed by atoms with E-state index >= 15 is 0 Å². The van der Waals surface area contributed by atoms with Crippen LogP contribution in [0.5, 0.6) is 5.75 Å². The van der Waals surface area contributed by atoms with E-state index in [9.17, 15) is 9.59 Å². The van der Waals surface area contributed by atoms with Crippen LogP contribution in [0.1, 0.15) is 16.1 Å². The van der Waals surface area contributed by atoms with E-state index in [0.717, 1.165) is 5.56 Å². The van der Waals surface area contributed by atoms with Crippen molar-refractivity contribution in [2.75, 3.05) is 17.2 Å². The normalized spacial score (nSPS) is 12.7. The van der Waals surface area contributed by atoms with Crippen molar-refractivity contribution < 1.29 is 14.3 Å². The summed E-state index contributed by atoms with van der Waals surface area (Å²) in [7, 11) is 0. The molecule has 2 heterocycles. The lowest BCUT2D eigenvalue weighted by atomic mass is 10.2. The van der Waals surface area contributed by atoms with Gasteiger partial charge < -0.3 is 15.4 Å². The van der Waals surface area contributed by atoms with Gasteiger partial charge in [0.2, 0.25) is 0 Å². The minimum absolute atomic E-state index is 0.0107. The molecule has 0 fully saturated rings. The van der Waals surface area contributed by atoms with Gasteiger partial charge in [-0.3, -0.25) is 9.59 Å². The van der Waals surface area contributed by atoms with Gasteiger partial charge in [0, 0.05) is 5.69 Å². The van der Waals surface area contributed by atoms with Gasteiger partial charge in [-0.15, -0.1) is 5.10 Å². The molecule has 3 aromatic rings. The quantitative estimate of drug-likeness (QED) is 0.750. The summed E-state index contributed by atoms with van der Waals surface area (Å²) in [6, 6.07) is 14.8. The summed E-state index contributed by atoms with van der Waals surface area (Å²) < 4.78 is 6.89. The number of nitrogens with zero attached hydrogens (tertiary/aromatic N) is 3. The molecule has 2 N–H and O–H groups in total. The highest BCUT2D eigenvalue weighted by Crippen LogP contribution is 2.30. The van der Waals surface area contributed by atoms with Crippen molar-refractivity contribution in [3.8, 4) is 5.75 Å². The molecule has 26 heavy (non-hydrogen) atoms. The third-order valence-corrected chi connectivity index (χ3v) is 3.83. The lowest BCUT2D eigenvalue weighted by Gasteiger charge is -2.18. The van der Waals surface area contributed by atoms with E-state index in [1.54, 1.807) is 29.1 Å². The van der Waals surface area contributed by atoms with Crippen LogP contribution in [0.3, 0.4) is 0 Å². The molecule has 0 bridgehead atoms. The van der Waals surface area contributed by atoms with E-state index in [4.69, 9.17) is 4.74 Å². The summed E-state index contributed by atoms with van der Waals surface area (Å²) in [6.45, 7) is 0.520. The molecule has 2 aromatic carbocycles. The van der Waals surface area contributed by atoms with E-state index in [0.29, 0.717) is 23.7 Å². The number of fused-ring (bicyclic) bond motifs is 1. The zero-order valence-corrected chi connectivity index (χ0v) is 13.7. The second kappa shape index (κ2) is 6.67. The number of aromatic nitrogens is 3. The van der Waals surface area contributed by atoms with E-state index in [-0.39, 0.29) is 24.1 Å². The summed E-state index contributed by atoms with van der Waals surface area (Å²) in [5.74, 6) is -0.0476. The van der Waals surface area contributed by atoms with E-state index in [1.807, 2.05) is 30.3 Å². The highest BCUT2D eigenvalue weighted by Gasteiger charge is 2.17. The Hall–Kier alpha value is -3.68. The van der Waals surface area contributed by atoms with Crippen LogP contribution in [-0.2, 0) is 11.3 Å². The van der Waals surface area contributed by atoms with Crippen LogP contribution in [0.25, 0.3) is 0 Å². The maximum atomic E-state index is 12.4. The first-order valence-corrected chi connectivity index (χ1v) is 7.99. The fraction of sp³-hybridized carbons (Fsp3) is 0.111. The standard InChI is InChI=1S/C18H15N5O3/c24-17-11-26-16-7-6-13(8-14(16)20-17)19-18(25)15-10-23(22-21-15)9-12-4-2-1-3-5-12/h1-8,10H,9,11H2,(H,19,25)(H,20,24). The van der Waals surface area contributed by atoms with Crippen LogP contribution in [0.4, 0.5) is 11.4 Å². The summed E-state index contributed by atoms with van der Waals surface area (Å²) in [5, 5.41) is 13.3. The summed E-state index contributed by atoms with van der Waals surface area (Å²) >= 11 is 0. The van der Waals surface area contributed by atoms with Crippen molar-refractivity contribution in [1.82, 2.24) is 15.0 Å². The van der Waals surface area contributed by atoms with Crippen LogP contribution < -0.4 is 15.4 Å². The average molecular weight is 349 g/mol. The Morgan fingerprint density at radius 1 is 1.23 bits per heavy atom. The smallest absolute Gasteiger partial charge is 0.277 e. The molecule has 8 heteroatoms. The van der Waals surface area contributed by atoms with Crippen LogP contribution in [0.2, 0.25) is 0 Å². The molecule has 8 nitrogen and oxygen atoms in total. The van der Waals surface area contributed by atoms with Gasteiger partial charge >= 0.3 is 0 Å². The monoisotopic (exact) mass is 349 g/mol. The third kappa shape index (κ3) is 3.39. The Labute approximate surface area is 148 Å². The fourth-order valence-corrected chi connectivity index (χ4v) is 2.61. The van der Waals surface area contributed by atoms with Crippen LogP contribution in [0, 0.1) is 0 Å². The molecular formula is C18H15N5O3. The molecule has 130 valence electrons. The summed E-state index contributed by atoms with van der Waals surface area (Å²) in [4.78, 5) is 23.8. The van der Waals surface area contributed by atoms with E-state index in [2.05, 4.69) is 20.9 Å². The molecular weight excluding hydrogens is 334 g/mol. The maximum absolute atomic E-state index is 12.4. The highest BCUT2D eigenvalue weighted by molar-refractivity contribution is 6.03. The van der Waals surface area contributed by atoms with Crippen molar-refractivity contribution in [2.24, 2.45) is 0 Å². The molecule has 1 aliphatic heterocycles. The Kier molecular flexibility index (Phi) is 4.06. The first-order chi connectivity index (χ1) is 12.7. The maximum Gasteiger partial charge on any atom is 0.277 e. The Morgan fingerprint density at radius 3 is 2.92 bits per heavy atom. The first kappa shape index (κ1) is 15.8. The number of carbonyl (C=O) groups is 2. The number of hydrogen-bond acceptors (Lipinski definition) is 5. The number of anilines is 2. The van der Waals surface area contributed by atoms with Gasteiger partial charge in [-0.2, -0.15) is 0 Å². The molecule has 1 aliphatic rings. The van der Waals surface area contributed by atoms with Crippen molar-refractivity contribution in [1.29, 1.82) is 0 Å². The minimum atomic E-state index is -0.382. The molecule has 1 aromatic heterocycles. The minimum Gasteiger partial charge on any atom is -0.482 e. The number of benzene rings is 2. The molecule has 2 amide bonds. The van der Waals surface area contributed by atoms with Gasteiger partial charge in [-0.25, -0.2) is 4.68 Å². The Balaban J connectivity index is 1.45. The lowest BCUT2D eigenvalue weighted by molar-refractivity contribution is -0.118. The average Bonchev–Trinajstić information content (AvgIpc) is 3.11. The first-order valence-electron chi connectivity index (χ1n) is 7.99. The van der Waals surface area contributed by atoms with Crippen molar-refractivity contribution in [3.05, 3.63) is 66.0 Å². The Morgan fingerprint density at radius 2 is 2.08 bits per heavy atom. The van der Waals surface area contributed by atoms with Gasteiger partial charge in [0.25, 0.3) is 11.8 Å². The van der Waals surface area contributed by atoms with Crippen molar-refractivity contribution in [3.63, 3.8) is 0 Å². The second-order valence-electron chi connectivity index (χ2n) is 5.79. The number of rotatable bonds is 4. The lowest BCUT2D eigenvalue weighted by Crippen LogP contribution is -2.25. The zero-order chi connectivity index (χ0) is 17.9. The van der Waals surface area contributed by atoms with Gasteiger partial charge in [-0.1, -0.05) is 35.5 Å². The fourth-order valence-electron chi connectivity index (χ4n) is 2.61. The molecule has 0 saturated carbocycles. The predicted octanol–water partition coefficient (Wildman–Crippen LogP) is 1.91. The summed E-state index contributed by atoms with van der Waals surface area (Å²) in [5.41, 5.74) is 2.32. The predicted molar refractivity (Wildman–Crippen MR) is 94.1 cm³/mol. The number of nitrogens with one attached hydrogen (secondary N) is 2. The number of hydrogen-bond donors (Lipinski definition) is 2. The number of ether oxygens (including phenoxy) is 1. The second-order valence-corrected chi connectivity index (χ2v) is 5.79. The topological polar surface area (TPSA) is 98.1 Å². The molecule has 0 unspecified atom stereocenters. The van der Waals surface area contributed by atoms with Crippen LogP contribution >= 0.6 is 0 Å². The van der Waals surface area contributed by atoms with Gasteiger partial charge in [0.1, 0.15) is 5.75 Å². The number of carbonyl (C=O) groups excluding carboxylic acids is 2.